The average molecular weight is 300 g/mol. The van der Waals surface area contributed by atoms with E-state index in [1.807, 2.05) is 0 Å². The normalized spacial score (nSPS) is 11.2. The Labute approximate surface area is 117 Å². The number of imidazole rings is 1. The molecule has 0 saturated heterocycles. The van der Waals surface area contributed by atoms with Crippen molar-refractivity contribution >= 4 is 5.97 Å². The number of hydrogen-bond donors (Lipinski definition) is 1. The molecule has 0 aliphatic rings. The maximum Gasteiger partial charge on any atom is 0.573 e. The number of alkyl halides is 3. The number of aromatic nitrogens is 2. The van der Waals surface area contributed by atoms with Crippen molar-refractivity contribution in [3.63, 3.8) is 0 Å². The Kier molecular flexibility index (Phi) is 4.15. The van der Waals surface area contributed by atoms with Crippen molar-refractivity contribution in [1.82, 2.24) is 9.97 Å². The summed E-state index contributed by atoms with van der Waals surface area (Å²) in [6, 6.07) is 5.73. The SMILES string of the molecule is COC(=O)c1cnc(Cc2ccccc2OC(F)(F)F)[nH]1. The predicted octanol–water partition coefficient (Wildman–Crippen LogP) is 2.69. The lowest BCUT2D eigenvalue weighted by Gasteiger charge is -2.12. The number of nitrogens with one attached hydrogen (secondary N) is 1. The highest BCUT2D eigenvalue weighted by Crippen LogP contribution is 2.27. The third-order valence-corrected chi connectivity index (χ3v) is 2.59. The molecular formula is C13H11F3N2O3. The van der Waals surface area contributed by atoms with Crippen LogP contribution in [0.4, 0.5) is 13.2 Å². The molecule has 112 valence electrons. The molecule has 1 aromatic heterocycles. The van der Waals surface area contributed by atoms with Crippen molar-refractivity contribution in [3.05, 3.63) is 47.5 Å². The topological polar surface area (TPSA) is 64.2 Å². The molecule has 8 heteroatoms. The number of benzene rings is 1. The van der Waals surface area contributed by atoms with Crippen molar-refractivity contribution in [1.29, 1.82) is 0 Å². The predicted molar refractivity (Wildman–Crippen MR) is 65.9 cm³/mol. The van der Waals surface area contributed by atoms with Crippen LogP contribution in [0.1, 0.15) is 21.9 Å². The Bertz CT molecular complexity index is 638. The molecule has 2 rings (SSSR count). The number of rotatable bonds is 4. The van der Waals surface area contributed by atoms with Gasteiger partial charge in [-0.1, -0.05) is 18.2 Å². The van der Waals surface area contributed by atoms with Crippen molar-refractivity contribution in [2.45, 2.75) is 12.8 Å². The maximum absolute atomic E-state index is 12.3. The molecule has 0 fully saturated rings. The van der Waals surface area contributed by atoms with Crippen molar-refractivity contribution in [2.75, 3.05) is 7.11 Å². The lowest BCUT2D eigenvalue weighted by molar-refractivity contribution is -0.274. The second kappa shape index (κ2) is 5.86. The first kappa shape index (κ1) is 14.9. The van der Waals surface area contributed by atoms with Gasteiger partial charge in [0.25, 0.3) is 0 Å². The van der Waals surface area contributed by atoms with E-state index in [-0.39, 0.29) is 17.9 Å². The maximum atomic E-state index is 12.3. The van der Waals surface area contributed by atoms with E-state index >= 15 is 0 Å². The van der Waals surface area contributed by atoms with E-state index in [1.54, 1.807) is 6.07 Å². The van der Waals surface area contributed by atoms with Crippen LogP contribution in [-0.4, -0.2) is 29.4 Å². The number of halogens is 3. The number of aromatic amines is 1. The van der Waals surface area contributed by atoms with E-state index in [1.165, 1.54) is 31.5 Å². The molecule has 21 heavy (non-hydrogen) atoms. The van der Waals surface area contributed by atoms with Crippen molar-refractivity contribution in [2.24, 2.45) is 0 Å². The highest BCUT2D eigenvalue weighted by Gasteiger charge is 2.32. The summed E-state index contributed by atoms with van der Waals surface area (Å²) in [6.07, 6.45) is -3.45. The Balaban J connectivity index is 2.20. The van der Waals surface area contributed by atoms with Gasteiger partial charge in [-0.25, -0.2) is 9.78 Å². The van der Waals surface area contributed by atoms with Crippen molar-refractivity contribution in [3.8, 4) is 5.75 Å². The highest BCUT2D eigenvalue weighted by molar-refractivity contribution is 5.86. The molecular weight excluding hydrogens is 289 g/mol. The Hall–Kier alpha value is -2.51. The minimum atomic E-state index is -4.77. The molecule has 0 amide bonds. The summed E-state index contributed by atoms with van der Waals surface area (Å²) in [5.41, 5.74) is 0.419. The van der Waals surface area contributed by atoms with E-state index in [9.17, 15) is 18.0 Å². The number of methoxy groups -OCH3 is 1. The molecule has 5 nitrogen and oxygen atoms in total. The van der Waals surface area contributed by atoms with E-state index < -0.39 is 12.3 Å². The molecule has 2 aromatic rings. The van der Waals surface area contributed by atoms with Gasteiger partial charge in [-0.2, -0.15) is 0 Å². The van der Waals surface area contributed by atoms with Crippen LogP contribution in [-0.2, 0) is 11.2 Å². The number of hydrogen-bond acceptors (Lipinski definition) is 4. The molecule has 0 aliphatic carbocycles. The number of H-pyrrole nitrogens is 1. The van der Waals surface area contributed by atoms with E-state index in [4.69, 9.17) is 0 Å². The lowest BCUT2D eigenvalue weighted by Crippen LogP contribution is -2.18. The van der Waals surface area contributed by atoms with Crippen LogP contribution in [0.3, 0.4) is 0 Å². The van der Waals surface area contributed by atoms with E-state index in [0.717, 1.165) is 0 Å². The van der Waals surface area contributed by atoms with Gasteiger partial charge in [0, 0.05) is 12.0 Å². The average Bonchev–Trinajstić information content (AvgIpc) is 2.87. The van der Waals surface area contributed by atoms with Gasteiger partial charge in [0.2, 0.25) is 0 Å². The standard InChI is InChI=1S/C13H11F3N2O3/c1-20-12(19)9-7-17-11(18-9)6-8-4-2-3-5-10(8)21-13(14,15)16/h2-5,7H,6H2,1H3,(H,17,18). The van der Waals surface area contributed by atoms with Crippen LogP contribution in [0.25, 0.3) is 0 Å². The zero-order valence-electron chi connectivity index (χ0n) is 10.9. The molecule has 1 aromatic carbocycles. The summed E-state index contributed by atoms with van der Waals surface area (Å²) in [6.45, 7) is 0. The van der Waals surface area contributed by atoms with Gasteiger partial charge >= 0.3 is 12.3 Å². The summed E-state index contributed by atoms with van der Waals surface area (Å²) >= 11 is 0. The monoisotopic (exact) mass is 300 g/mol. The smallest absolute Gasteiger partial charge is 0.464 e. The first-order chi connectivity index (χ1) is 9.89. The molecule has 0 saturated carbocycles. The van der Waals surface area contributed by atoms with Crippen molar-refractivity contribution < 1.29 is 27.4 Å². The minimum Gasteiger partial charge on any atom is -0.464 e. The van der Waals surface area contributed by atoms with Crippen LogP contribution in [0.2, 0.25) is 0 Å². The zero-order chi connectivity index (χ0) is 15.5. The van der Waals surface area contributed by atoms with Crippen LogP contribution in [0.15, 0.2) is 30.5 Å². The number of ether oxygens (including phenoxy) is 2. The number of carbonyl (C=O) groups is 1. The Morgan fingerprint density at radius 3 is 2.71 bits per heavy atom. The second-order valence-electron chi connectivity index (χ2n) is 4.07. The van der Waals surface area contributed by atoms with Crippen LogP contribution < -0.4 is 4.74 Å². The second-order valence-corrected chi connectivity index (χ2v) is 4.07. The lowest BCUT2D eigenvalue weighted by atomic mass is 10.1. The third kappa shape index (κ3) is 3.98. The summed E-state index contributed by atoms with van der Waals surface area (Å²) < 4.78 is 45.4. The Morgan fingerprint density at radius 1 is 1.33 bits per heavy atom. The quantitative estimate of drug-likeness (QED) is 0.882. The molecule has 1 N–H and O–H groups in total. The van der Waals surface area contributed by atoms with Gasteiger partial charge in [-0.15, -0.1) is 13.2 Å². The first-order valence-corrected chi connectivity index (χ1v) is 5.85. The Morgan fingerprint density at radius 2 is 2.05 bits per heavy atom. The summed E-state index contributed by atoms with van der Waals surface area (Å²) in [7, 11) is 1.22. The zero-order valence-corrected chi connectivity index (χ0v) is 10.9. The third-order valence-electron chi connectivity index (χ3n) is 2.59. The van der Waals surface area contributed by atoms with Gasteiger partial charge in [0.15, 0.2) is 0 Å². The molecule has 0 aliphatic heterocycles. The fraction of sp³-hybridized carbons (Fsp3) is 0.231. The molecule has 1 heterocycles. The fourth-order valence-electron chi connectivity index (χ4n) is 1.72. The number of para-hydroxylation sites is 1. The molecule has 0 spiro atoms. The molecule has 0 radical (unpaired) electrons. The molecule has 0 atom stereocenters. The summed E-state index contributed by atoms with van der Waals surface area (Å²) in [5, 5.41) is 0. The number of carbonyl (C=O) groups excluding carboxylic acids is 1. The van der Waals surface area contributed by atoms with Gasteiger partial charge < -0.3 is 14.5 Å². The highest BCUT2D eigenvalue weighted by atomic mass is 19.4. The molecule has 0 unspecified atom stereocenters. The van der Waals surface area contributed by atoms with Gasteiger partial charge in [-0.05, 0) is 6.07 Å². The minimum absolute atomic E-state index is 0.0588. The fourth-order valence-corrected chi connectivity index (χ4v) is 1.72. The van der Waals surface area contributed by atoms with Crippen LogP contribution in [0, 0.1) is 0 Å². The van der Waals surface area contributed by atoms with E-state index in [0.29, 0.717) is 11.4 Å². The number of esters is 1. The number of nitrogens with zero attached hydrogens (tertiary/aromatic N) is 1. The van der Waals surface area contributed by atoms with Gasteiger partial charge in [0.05, 0.1) is 13.3 Å². The van der Waals surface area contributed by atoms with Crippen LogP contribution >= 0.6 is 0 Å². The first-order valence-electron chi connectivity index (χ1n) is 5.85. The van der Waals surface area contributed by atoms with E-state index in [2.05, 4.69) is 19.4 Å². The van der Waals surface area contributed by atoms with Gasteiger partial charge in [-0.3, -0.25) is 0 Å². The summed E-state index contributed by atoms with van der Waals surface area (Å²) in [5.74, 6) is -0.580. The molecule has 0 bridgehead atoms. The largest absolute Gasteiger partial charge is 0.573 e. The van der Waals surface area contributed by atoms with Gasteiger partial charge in [0.1, 0.15) is 17.3 Å². The van der Waals surface area contributed by atoms with Crippen LogP contribution in [0.5, 0.6) is 5.75 Å². The summed E-state index contributed by atoms with van der Waals surface area (Å²) in [4.78, 5) is 17.9.